The van der Waals surface area contributed by atoms with Gasteiger partial charge >= 0.3 is 0 Å². The van der Waals surface area contributed by atoms with E-state index in [9.17, 15) is 5.11 Å². The van der Waals surface area contributed by atoms with Crippen LogP contribution >= 0.6 is 0 Å². The second-order valence-electron chi connectivity index (χ2n) is 3.43. The average Bonchev–Trinajstić information content (AvgIpc) is 2.20. The van der Waals surface area contributed by atoms with Gasteiger partial charge in [-0.3, -0.25) is 4.98 Å². The number of pyridine rings is 1. The van der Waals surface area contributed by atoms with Crippen LogP contribution in [0.25, 0.3) is 0 Å². The molecule has 0 atom stereocenters. The summed E-state index contributed by atoms with van der Waals surface area (Å²) in [7, 11) is 0. The number of piperidine rings is 1. The Kier molecular flexibility index (Phi) is 2.45. The van der Waals surface area contributed by atoms with Crippen molar-refractivity contribution in [3.63, 3.8) is 0 Å². The van der Waals surface area contributed by atoms with Crippen LogP contribution < -0.4 is 4.90 Å². The highest BCUT2D eigenvalue weighted by atomic mass is 16.3. The number of hydrogen-bond donors (Lipinski definition) is 1. The highest BCUT2D eigenvalue weighted by Gasteiger charge is 2.16. The molecule has 1 N–H and O–H groups in total. The summed E-state index contributed by atoms with van der Waals surface area (Å²) in [4.78, 5) is 6.34. The third-order valence-electron chi connectivity index (χ3n) is 2.48. The maximum Gasteiger partial charge on any atom is 0.0574 e. The minimum absolute atomic E-state index is 0.104. The summed E-state index contributed by atoms with van der Waals surface area (Å²) in [6.07, 6.45) is 5.29. The number of aliphatic hydroxyl groups is 1. The Bertz CT molecular complexity index is 255. The molecule has 0 unspecified atom stereocenters. The van der Waals surface area contributed by atoms with Gasteiger partial charge in [-0.05, 0) is 25.0 Å². The van der Waals surface area contributed by atoms with E-state index in [4.69, 9.17) is 0 Å². The van der Waals surface area contributed by atoms with Gasteiger partial charge in [0.25, 0.3) is 0 Å². The molecule has 3 nitrogen and oxygen atoms in total. The number of nitrogens with zero attached hydrogens (tertiary/aromatic N) is 2. The van der Waals surface area contributed by atoms with E-state index in [1.54, 1.807) is 6.20 Å². The van der Waals surface area contributed by atoms with Crippen molar-refractivity contribution >= 4 is 5.69 Å². The molecule has 0 amide bonds. The van der Waals surface area contributed by atoms with Crippen LogP contribution in [0.3, 0.4) is 0 Å². The fourth-order valence-corrected chi connectivity index (χ4v) is 1.66. The van der Waals surface area contributed by atoms with E-state index in [1.165, 1.54) is 0 Å². The molecule has 13 heavy (non-hydrogen) atoms. The van der Waals surface area contributed by atoms with Crippen molar-refractivity contribution in [1.82, 2.24) is 4.98 Å². The van der Waals surface area contributed by atoms with Crippen LogP contribution in [-0.2, 0) is 0 Å². The number of anilines is 1. The topological polar surface area (TPSA) is 36.4 Å². The molecule has 0 saturated carbocycles. The van der Waals surface area contributed by atoms with Crippen LogP contribution in [0.1, 0.15) is 12.8 Å². The summed E-state index contributed by atoms with van der Waals surface area (Å²) < 4.78 is 0. The van der Waals surface area contributed by atoms with E-state index in [1.807, 2.05) is 12.3 Å². The lowest BCUT2D eigenvalue weighted by molar-refractivity contribution is 0.145. The van der Waals surface area contributed by atoms with Gasteiger partial charge in [0.05, 0.1) is 18.0 Å². The molecule has 1 saturated heterocycles. The normalized spacial score (nSPS) is 19.0. The first kappa shape index (κ1) is 8.51. The molecule has 1 aromatic heterocycles. The molecule has 0 bridgehead atoms. The molecule has 2 rings (SSSR count). The van der Waals surface area contributed by atoms with Gasteiger partial charge in [-0.2, -0.15) is 0 Å². The Balaban J connectivity index is 2.03. The van der Waals surface area contributed by atoms with Gasteiger partial charge in [0, 0.05) is 19.3 Å². The molecular formula is C10H14N2O. The second kappa shape index (κ2) is 3.75. The van der Waals surface area contributed by atoms with Gasteiger partial charge in [0.1, 0.15) is 0 Å². The summed E-state index contributed by atoms with van der Waals surface area (Å²) in [6, 6.07) is 4.01. The van der Waals surface area contributed by atoms with Crippen LogP contribution in [0.5, 0.6) is 0 Å². The summed E-state index contributed by atoms with van der Waals surface area (Å²) >= 11 is 0. The fourth-order valence-electron chi connectivity index (χ4n) is 1.66. The first-order chi connectivity index (χ1) is 6.36. The average molecular weight is 178 g/mol. The number of hydrogen-bond acceptors (Lipinski definition) is 3. The molecule has 1 aliphatic rings. The zero-order valence-electron chi connectivity index (χ0n) is 7.56. The molecule has 0 aromatic carbocycles. The van der Waals surface area contributed by atoms with Gasteiger partial charge in [0.15, 0.2) is 0 Å². The number of aliphatic hydroxyl groups excluding tert-OH is 1. The summed E-state index contributed by atoms with van der Waals surface area (Å²) in [5, 5.41) is 9.33. The van der Waals surface area contributed by atoms with Crippen molar-refractivity contribution in [1.29, 1.82) is 0 Å². The van der Waals surface area contributed by atoms with Crippen molar-refractivity contribution < 1.29 is 5.11 Å². The Hall–Kier alpha value is -1.09. The van der Waals surface area contributed by atoms with Crippen LogP contribution in [0.15, 0.2) is 24.5 Å². The summed E-state index contributed by atoms with van der Waals surface area (Å²) in [6.45, 7) is 1.87. The quantitative estimate of drug-likeness (QED) is 0.698. The zero-order chi connectivity index (χ0) is 9.10. The largest absolute Gasteiger partial charge is 0.393 e. The van der Waals surface area contributed by atoms with Crippen molar-refractivity contribution in [2.75, 3.05) is 18.0 Å². The molecule has 1 aromatic rings. The standard InChI is InChI=1S/C10H14N2O/c13-10-3-6-12(7-4-10)9-2-1-5-11-8-9/h1-2,5,8,10,13H,3-4,6-7H2. The predicted molar refractivity (Wildman–Crippen MR) is 51.7 cm³/mol. The fraction of sp³-hybridized carbons (Fsp3) is 0.500. The van der Waals surface area contributed by atoms with Crippen LogP contribution in [0.4, 0.5) is 5.69 Å². The van der Waals surface area contributed by atoms with Gasteiger partial charge in [-0.25, -0.2) is 0 Å². The van der Waals surface area contributed by atoms with Gasteiger partial charge in [-0.15, -0.1) is 0 Å². The minimum atomic E-state index is -0.104. The molecule has 1 fully saturated rings. The van der Waals surface area contributed by atoms with Crippen LogP contribution in [-0.4, -0.2) is 29.3 Å². The molecule has 0 spiro atoms. The van der Waals surface area contributed by atoms with E-state index in [-0.39, 0.29) is 6.10 Å². The number of rotatable bonds is 1. The molecule has 2 heterocycles. The Labute approximate surface area is 78.0 Å². The Morgan fingerprint density at radius 3 is 2.77 bits per heavy atom. The molecule has 3 heteroatoms. The lowest BCUT2D eigenvalue weighted by Crippen LogP contribution is -2.35. The lowest BCUT2D eigenvalue weighted by atomic mass is 10.1. The minimum Gasteiger partial charge on any atom is -0.393 e. The van der Waals surface area contributed by atoms with E-state index in [0.29, 0.717) is 0 Å². The van der Waals surface area contributed by atoms with Gasteiger partial charge < -0.3 is 10.0 Å². The highest BCUT2D eigenvalue weighted by Crippen LogP contribution is 2.18. The second-order valence-corrected chi connectivity index (χ2v) is 3.43. The van der Waals surface area contributed by atoms with Crippen LogP contribution in [0.2, 0.25) is 0 Å². The maximum atomic E-state index is 9.33. The smallest absolute Gasteiger partial charge is 0.0574 e. The van der Waals surface area contributed by atoms with Crippen molar-refractivity contribution in [2.24, 2.45) is 0 Å². The lowest BCUT2D eigenvalue weighted by Gasteiger charge is -2.31. The van der Waals surface area contributed by atoms with Gasteiger partial charge in [-0.1, -0.05) is 0 Å². The molecule has 0 radical (unpaired) electrons. The maximum absolute atomic E-state index is 9.33. The summed E-state index contributed by atoms with van der Waals surface area (Å²) in [5.41, 5.74) is 1.16. The monoisotopic (exact) mass is 178 g/mol. The molecular weight excluding hydrogens is 164 g/mol. The first-order valence-corrected chi connectivity index (χ1v) is 4.69. The predicted octanol–water partition coefficient (Wildman–Crippen LogP) is 1.04. The van der Waals surface area contributed by atoms with E-state index >= 15 is 0 Å². The Morgan fingerprint density at radius 1 is 1.38 bits per heavy atom. The van der Waals surface area contributed by atoms with Crippen LogP contribution in [0, 0.1) is 0 Å². The van der Waals surface area contributed by atoms with E-state index in [2.05, 4.69) is 16.0 Å². The first-order valence-electron chi connectivity index (χ1n) is 4.69. The zero-order valence-corrected chi connectivity index (χ0v) is 7.56. The molecule has 1 aliphatic heterocycles. The van der Waals surface area contributed by atoms with Crippen molar-refractivity contribution in [3.05, 3.63) is 24.5 Å². The van der Waals surface area contributed by atoms with Crippen molar-refractivity contribution in [2.45, 2.75) is 18.9 Å². The Morgan fingerprint density at radius 2 is 2.15 bits per heavy atom. The third-order valence-corrected chi connectivity index (χ3v) is 2.48. The van der Waals surface area contributed by atoms with E-state index < -0.39 is 0 Å². The molecule has 70 valence electrons. The number of aromatic nitrogens is 1. The van der Waals surface area contributed by atoms with Crippen molar-refractivity contribution in [3.8, 4) is 0 Å². The van der Waals surface area contributed by atoms with E-state index in [0.717, 1.165) is 31.6 Å². The third kappa shape index (κ3) is 1.98. The summed E-state index contributed by atoms with van der Waals surface area (Å²) in [5.74, 6) is 0. The SMILES string of the molecule is OC1CCN(c2cccnc2)CC1. The van der Waals surface area contributed by atoms with Gasteiger partial charge in [0.2, 0.25) is 0 Å². The molecule has 0 aliphatic carbocycles. The highest BCUT2D eigenvalue weighted by molar-refractivity contribution is 5.43.